The van der Waals surface area contributed by atoms with E-state index >= 15 is 9.59 Å². The van der Waals surface area contributed by atoms with Crippen LogP contribution in [0.15, 0.2) is 61.9 Å². The van der Waals surface area contributed by atoms with E-state index in [4.69, 9.17) is 0 Å². The number of halogens is 3. The monoisotopic (exact) mass is 1310 g/mol. The van der Waals surface area contributed by atoms with Gasteiger partial charge in [-0.2, -0.15) is 0 Å². The molecule has 0 spiro atoms. The van der Waals surface area contributed by atoms with Crippen LogP contribution in [-0.2, 0) is 0 Å². The van der Waals surface area contributed by atoms with Gasteiger partial charge in [0.1, 0.15) is 97.7 Å². The van der Waals surface area contributed by atoms with E-state index in [0.29, 0.717) is 15.4 Å². The van der Waals surface area contributed by atoms with Crippen molar-refractivity contribution in [3.05, 3.63) is 89.8 Å². The molecule has 22 N–H and O–H groups in total. The van der Waals surface area contributed by atoms with Crippen LogP contribution in [-0.4, -0.2) is 286 Å². The van der Waals surface area contributed by atoms with Crippen LogP contribution >= 0.6 is 47.8 Å². The molecule has 0 radical (unpaired) electrons. The molecule has 28 nitrogen and oxygen atoms in total. The van der Waals surface area contributed by atoms with Gasteiger partial charge in [0.15, 0.2) is 0 Å². The van der Waals surface area contributed by atoms with Crippen LogP contribution in [0.5, 0.6) is 0 Å². The summed E-state index contributed by atoms with van der Waals surface area (Å²) in [6.07, 6.45) is -36.7. The molecule has 0 aromatic heterocycles. The minimum Gasteiger partial charge on any atom is -0.394 e. The highest BCUT2D eigenvalue weighted by atomic mass is 79.9. The lowest BCUT2D eigenvalue weighted by Gasteiger charge is -2.35. The fourth-order valence-corrected chi connectivity index (χ4v) is 10.2. The number of aryl methyl sites for hydroxylation is 1. The molecule has 16 unspecified atom stereocenters. The lowest BCUT2D eigenvalue weighted by atomic mass is 9.99. The average molecular weight is 1310 g/mol. The van der Waals surface area contributed by atoms with Crippen molar-refractivity contribution >= 4 is 82.8 Å². The molecule has 0 bridgehead atoms. The highest BCUT2D eigenvalue weighted by molar-refractivity contribution is 9.11. The van der Waals surface area contributed by atoms with Gasteiger partial charge in [-0.25, -0.2) is 0 Å². The predicted octanol–water partition coefficient (Wildman–Crippen LogP) is -6.58. The Kier molecular flexibility index (Phi) is 27.6. The van der Waals surface area contributed by atoms with Gasteiger partial charge >= 0.3 is 0 Å². The summed E-state index contributed by atoms with van der Waals surface area (Å²) < 4.78 is -1.68. The topological polar surface area (TPSA) is 503 Å². The van der Waals surface area contributed by atoms with Gasteiger partial charge in [-0.15, -0.1) is 0 Å². The standard InChI is InChI=1S/C47H65Br3N4O24/c1-18-2-4-19(5-3-18)44(75)51-21-8-6-20(7-9-21)45(76)52-35-33(49)30(46(77)53(10-22(59)36(67)40(71)26(63)14-55)11-23(60)37(68)41(72)27(64)15-56)32(48)31(34(35)50)47(78)54(12-24(61)38(69)42(73)28(65)16-57)13-25(62)39(70)43(74)29(66)17-58/h2-9,22-29,36-43,55-74H,10-17H2,1H3,(H,51,75)(H,52,76). The Morgan fingerprint density at radius 1 is 0.397 bits per heavy atom. The summed E-state index contributed by atoms with van der Waals surface area (Å²) >= 11 is 9.58. The zero-order valence-electron chi connectivity index (χ0n) is 41.1. The maximum Gasteiger partial charge on any atom is 0.256 e. The molecular formula is C47H65Br3N4O24. The number of nitrogens with zero attached hydrogens (tertiary/aromatic N) is 2. The van der Waals surface area contributed by atoms with Gasteiger partial charge in [-0.3, -0.25) is 19.2 Å². The molecule has 0 aliphatic carbocycles. The van der Waals surface area contributed by atoms with Crippen molar-refractivity contribution < 1.29 is 121 Å². The zero-order valence-corrected chi connectivity index (χ0v) is 45.9. The van der Waals surface area contributed by atoms with Gasteiger partial charge in [0.25, 0.3) is 23.6 Å². The normalized spacial score (nSPS) is 18.1. The molecule has 0 saturated heterocycles. The second-order valence-electron chi connectivity index (χ2n) is 18.0. The van der Waals surface area contributed by atoms with Crippen LogP contribution in [0.2, 0.25) is 0 Å². The van der Waals surface area contributed by atoms with Crippen molar-refractivity contribution in [2.75, 3.05) is 63.2 Å². The lowest BCUT2D eigenvalue weighted by molar-refractivity contribution is -0.127. The molecule has 3 rings (SSSR count). The highest BCUT2D eigenvalue weighted by Gasteiger charge is 2.41. The Balaban J connectivity index is 2.38. The Hall–Kier alpha value is -3.82. The minimum absolute atomic E-state index is 0.156. The molecule has 0 saturated carbocycles. The second kappa shape index (κ2) is 31.4. The van der Waals surface area contributed by atoms with Crippen LogP contribution < -0.4 is 10.6 Å². The molecule has 16 atom stereocenters. The molecular weight excluding hydrogens is 1240 g/mol. The van der Waals surface area contributed by atoms with Gasteiger partial charge < -0.3 is 123 Å². The Labute approximate surface area is 469 Å². The molecule has 0 aliphatic heterocycles. The van der Waals surface area contributed by atoms with E-state index in [-0.39, 0.29) is 11.3 Å². The van der Waals surface area contributed by atoms with Crippen LogP contribution in [0.3, 0.4) is 0 Å². The molecule has 0 fully saturated rings. The second-order valence-corrected chi connectivity index (χ2v) is 20.4. The third-order valence-electron chi connectivity index (χ3n) is 12.2. The highest BCUT2D eigenvalue weighted by Crippen LogP contribution is 2.44. The van der Waals surface area contributed by atoms with Crippen LogP contribution in [0.4, 0.5) is 11.4 Å². The number of amides is 4. The maximum atomic E-state index is 15.1. The first kappa shape index (κ1) is 68.5. The SMILES string of the molecule is Cc1ccc(C(=O)Nc2ccc(C(=O)Nc3c(Br)c(C(=O)N(CC(O)C(O)C(O)C(O)CO)CC(O)C(O)C(O)C(O)CO)c(Br)c(C(=O)N(CC(O)C(O)C(O)C(O)CO)CC(O)C(O)C(O)C(O)CO)c3Br)cc2)cc1. The number of hydrogen-bond acceptors (Lipinski definition) is 24. The van der Waals surface area contributed by atoms with E-state index in [1.807, 2.05) is 6.92 Å². The zero-order chi connectivity index (χ0) is 59.2. The van der Waals surface area contributed by atoms with Gasteiger partial charge in [-0.1, -0.05) is 17.7 Å². The van der Waals surface area contributed by atoms with E-state index in [2.05, 4.69) is 58.4 Å². The number of anilines is 2. The van der Waals surface area contributed by atoms with E-state index < -0.39 is 204 Å². The van der Waals surface area contributed by atoms with Gasteiger partial charge in [0.05, 0.1) is 52.2 Å². The molecule has 31 heteroatoms. The van der Waals surface area contributed by atoms with E-state index in [0.717, 1.165) is 5.56 Å². The summed E-state index contributed by atoms with van der Waals surface area (Å²) in [6.45, 7) is -7.69. The Bertz CT molecular complexity index is 2270. The fourth-order valence-electron chi connectivity index (χ4n) is 7.33. The average Bonchev–Trinajstić information content (AvgIpc) is 3.42. The Morgan fingerprint density at radius 2 is 0.654 bits per heavy atom. The van der Waals surface area contributed by atoms with Gasteiger partial charge in [0, 0.05) is 47.5 Å². The quantitative estimate of drug-likeness (QED) is 0.0295. The first-order valence-electron chi connectivity index (χ1n) is 23.4. The largest absolute Gasteiger partial charge is 0.394 e. The minimum atomic E-state index is -2.41. The predicted molar refractivity (Wildman–Crippen MR) is 279 cm³/mol. The number of aliphatic hydroxyl groups excluding tert-OH is 20. The van der Waals surface area contributed by atoms with Crippen molar-refractivity contribution in [1.82, 2.24) is 9.80 Å². The fraction of sp³-hybridized carbons (Fsp3) is 0.532. The van der Waals surface area contributed by atoms with E-state index in [1.54, 1.807) is 24.3 Å². The molecule has 0 aliphatic rings. The van der Waals surface area contributed by atoms with E-state index in [1.165, 1.54) is 24.3 Å². The van der Waals surface area contributed by atoms with Crippen molar-refractivity contribution in [2.45, 2.75) is 105 Å². The molecule has 438 valence electrons. The molecule has 3 aromatic rings. The van der Waals surface area contributed by atoms with Crippen molar-refractivity contribution in [2.24, 2.45) is 0 Å². The first-order chi connectivity index (χ1) is 36.5. The summed E-state index contributed by atoms with van der Waals surface area (Å²) in [4.78, 5) is 58.1. The van der Waals surface area contributed by atoms with Gasteiger partial charge in [-0.05, 0) is 91.1 Å². The Morgan fingerprint density at radius 3 is 0.936 bits per heavy atom. The summed E-state index contributed by atoms with van der Waals surface area (Å²) in [6, 6.07) is 11.8. The molecule has 3 aromatic carbocycles. The van der Waals surface area contributed by atoms with Gasteiger partial charge in [0.2, 0.25) is 0 Å². The number of benzene rings is 3. The third kappa shape index (κ3) is 17.6. The maximum absolute atomic E-state index is 15.1. The molecule has 4 amide bonds. The van der Waals surface area contributed by atoms with Crippen molar-refractivity contribution in [1.29, 1.82) is 0 Å². The molecule has 0 heterocycles. The van der Waals surface area contributed by atoms with Crippen LogP contribution in [0, 0.1) is 6.92 Å². The number of rotatable bonds is 30. The number of carbonyl (C=O) groups is 4. The summed E-state index contributed by atoms with van der Waals surface area (Å²) in [5.74, 6) is -4.48. The van der Waals surface area contributed by atoms with Crippen molar-refractivity contribution in [3.8, 4) is 0 Å². The van der Waals surface area contributed by atoms with Crippen LogP contribution in [0.25, 0.3) is 0 Å². The molecule has 78 heavy (non-hydrogen) atoms. The summed E-state index contributed by atoms with van der Waals surface area (Å²) in [5, 5.41) is 212. The third-order valence-corrected chi connectivity index (χ3v) is 14.6. The number of hydrogen-bond donors (Lipinski definition) is 22. The summed E-state index contributed by atoms with van der Waals surface area (Å²) in [5.41, 5.74) is -0.923. The number of carbonyl (C=O) groups excluding carboxylic acids is 4. The number of nitrogens with one attached hydrogen (secondary N) is 2. The smallest absolute Gasteiger partial charge is 0.256 e. The summed E-state index contributed by atoms with van der Waals surface area (Å²) in [7, 11) is 0. The number of aliphatic hydroxyl groups is 20. The van der Waals surface area contributed by atoms with E-state index in [9.17, 15) is 112 Å². The first-order valence-corrected chi connectivity index (χ1v) is 25.8. The van der Waals surface area contributed by atoms with Crippen LogP contribution in [0.1, 0.15) is 47.0 Å². The van der Waals surface area contributed by atoms with Crippen molar-refractivity contribution in [3.63, 3.8) is 0 Å². The lowest BCUT2D eigenvalue weighted by Crippen LogP contribution is -2.54.